The van der Waals surface area contributed by atoms with Crippen molar-refractivity contribution in [1.29, 1.82) is 0 Å². The molecule has 3 nitrogen and oxygen atoms in total. The third-order valence-electron chi connectivity index (χ3n) is 1.32. The molecule has 3 heteroatoms. The van der Waals surface area contributed by atoms with Crippen molar-refractivity contribution in [2.75, 3.05) is 18.9 Å². The first-order chi connectivity index (χ1) is 5.83. The Kier molecular flexibility index (Phi) is 3.29. The van der Waals surface area contributed by atoms with E-state index in [1.54, 1.807) is 19.2 Å². The van der Waals surface area contributed by atoms with Gasteiger partial charge in [0.15, 0.2) is 0 Å². The van der Waals surface area contributed by atoms with E-state index >= 15 is 0 Å². The van der Waals surface area contributed by atoms with Gasteiger partial charge in [-0.25, -0.2) is 0 Å². The van der Waals surface area contributed by atoms with Gasteiger partial charge in [0.25, 0.3) is 0 Å². The lowest BCUT2D eigenvalue weighted by Gasteiger charge is -2.02. The monoisotopic (exact) mass is 163 g/mol. The lowest BCUT2D eigenvalue weighted by molar-refractivity contribution is -0.115. The summed E-state index contributed by atoms with van der Waals surface area (Å²) in [5.74, 6) is -0.0556. The second kappa shape index (κ2) is 4.51. The van der Waals surface area contributed by atoms with Gasteiger partial charge < -0.3 is 10.6 Å². The van der Waals surface area contributed by atoms with Gasteiger partial charge in [0.2, 0.25) is 5.91 Å². The minimum absolute atomic E-state index is 0.0556. The minimum Gasteiger partial charge on any atom is -0.324 e. The van der Waals surface area contributed by atoms with E-state index in [-0.39, 0.29) is 5.91 Å². The standard InChI is InChI=1S/C9H11N2O/c1-10-7-9(12)11-8-5-3-2-4-6-8/h2-5,10H,7H2,1H3,(H,11,12). The molecular formula is C9H11N2O. The van der Waals surface area contributed by atoms with Gasteiger partial charge in [-0.05, 0) is 13.1 Å². The van der Waals surface area contributed by atoms with Crippen molar-refractivity contribution in [2.45, 2.75) is 0 Å². The Morgan fingerprint density at radius 3 is 3.00 bits per heavy atom. The Balaban J connectivity index is 2.47. The van der Waals surface area contributed by atoms with E-state index in [0.29, 0.717) is 12.2 Å². The molecule has 1 aromatic carbocycles. The molecule has 0 fully saturated rings. The van der Waals surface area contributed by atoms with Crippen LogP contribution >= 0.6 is 0 Å². The summed E-state index contributed by atoms with van der Waals surface area (Å²) < 4.78 is 0. The molecule has 0 bridgehead atoms. The maximum Gasteiger partial charge on any atom is 0.238 e. The second-order valence-electron chi connectivity index (χ2n) is 2.35. The van der Waals surface area contributed by atoms with Gasteiger partial charge in [0, 0.05) is 11.8 Å². The van der Waals surface area contributed by atoms with E-state index in [0.717, 1.165) is 0 Å². The van der Waals surface area contributed by atoms with E-state index < -0.39 is 0 Å². The van der Waals surface area contributed by atoms with E-state index in [1.165, 1.54) is 0 Å². The second-order valence-corrected chi connectivity index (χ2v) is 2.35. The van der Waals surface area contributed by atoms with E-state index in [2.05, 4.69) is 16.7 Å². The Morgan fingerprint density at radius 2 is 2.42 bits per heavy atom. The Labute approximate surface area is 71.8 Å². The summed E-state index contributed by atoms with van der Waals surface area (Å²) >= 11 is 0. The molecule has 1 radical (unpaired) electrons. The SMILES string of the molecule is CNCC(=O)Nc1[c]cccc1. The predicted molar refractivity (Wildman–Crippen MR) is 47.8 cm³/mol. The third kappa shape index (κ3) is 2.72. The fourth-order valence-corrected chi connectivity index (χ4v) is 0.826. The molecule has 0 unspecified atom stereocenters. The topological polar surface area (TPSA) is 41.1 Å². The molecular weight excluding hydrogens is 152 g/mol. The van der Waals surface area contributed by atoms with Crippen LogP contribution in [0.4, 0.5) is 5.69 Å². The van der Waals surface area contributed by atoms with Crippen LogP contribution in [0.1, 0.15) is 0 Å². The molecule has 0 aliphatic carbocycles. The Hall–Kier alpha value is -1.35. The normalized spacial score (nSPS) is 9.42. The van der Waals surface area contributed by atoms with Crippen LogP contribution in [0.5, 0.6) is 0 Å². The van der Waals surface area contributed by atoms with E-state index in [4.69, 9.17) is 0 Å². The maximum absolute atomic E-state index is 11.0. The molecule has 1 aromatic rings. The fourth-order valence-electron chi connectivity index (χ4n) is 0.826. The van der Waals surface area contributed by atoms with E-state index in [1.807, 2.05) is 12.1 Å². The molecule has 0 spiro atoms. The highest BCUT2D eigenvalue weighted by atomic mass is 16.1. The van der Waals surface area contributed by atoms with Crippen LogP contribution in [0.2, 0.25) is 0 Å². The van der Waals surface area contributed by atoms with Crippen LogP contribution in [0.3, 0.4) is 0 Å². The van der Waals surface area contributed by atoms with Crippen LogP contribution in [0.25, 0.3) is 0 Å². The number of benzene rings is 1. The molecule has 0 aliphatic rings. The average Bonchev–Trinajstić information content (AvgIpc) is 2.06. The summed E-state index contributed by atoms with van der Waals surface area (Å²) in [5, 5.41) is 5.45. The maximum atomic E-state index is 11.0. The van der Waals surface area contributed by atoms with Gasteiger partial charge in [-0.2, -0.15) is 0 Å². The van der Waals surface area contributed by atoms with Crippen molar-refractivity contribution in [2.24, 2.45) is 0 Å². The van der Waals surface area contributed by atoms with Crippen molar-refractivity contribution in [3.05, 3.63) is 30.3 Å². The molecule has 0 heterocycles. The highest BCUT2D eigenvalue weighted by Gasteiger charge is 1.98. The van der Waals surface area contributed by atoms with Crippen LogP contribution in [0, 0.1) is 6.07 Å². The van der Waals surface area contributed by atoms with Gasteiger partial charge in [-0.3, -0.25) is 4.79 Å². The molecule has 63 valence electrons. The average molecular weight is 163 g/mol. The first kappa shape index (κ1) is 8.74. The van der Waals surface area contributed by atoms with E-state index in [9.17, 15) is 4.79 Å². The number of likely N-dealkylation sites (N-methyl/N-ethyl adjacent to an activating group) is 1. The zero-order chi connectivity index (χ0) is 8.81. The van der Waals surface area contributed by atoms with Gasteiger partial charge >= 0.3 is 0 Å². The van der Waals surface area contributed by atoms with Crippen molar-refractivity contribution in [3.8, 4) is 0 Å². The van der Waals surface area contributed by atoms with Gasteiger partial charge in [0.1, 0.15) is 0 Å². The number of para-hydroxylation sites is 1. The van der Waals surface area contributed by atoms with Crippen LogP contribution < -0.4 is 10.6 Å². The Morgan fingerprint density at radius 1 is 1.58 bits per heavy atom. The summed E-state index contributed by atoms with van der Waals surface area (Å²) in [5.41, 5.74) is 0.706. The van der Waals surface area contributed by atoms with Crippen LogP contribution in [-0.2, 0) is 4.79 Å². The fraction of sp³-hybridized carbons (Fsp3) is 0.222. The number of nitrogens with one attached hydrogen (secondary N) is 2. The largest absolute Gasteiger partial charge is 0.324 e. The molecule has 1 amide bonds. The lowest BCUT2D eigenvalue weighted by atomic mass is 10.3. The zero-order valence-electron chi connectivity index (χ0n) is 6.92. The summed E-state index contributed by atoms with van der Waals surface area (Å²) in [6.07, 6.45) is 0. The first-order valence-corrected chi connectivity index (χ1v) is 3.74. The first-order valence-electron chi connectivity index (χ1n) is 3.74. The Bertz CT molecular complexity index is 246. The summed E-state index contributed by atoms with van der Waals surface area (Å²) in [6, 6.07) is 10.2. The van der Waals surface area contributed by atoms with Gasteiger partial charge in [-0.15, -0.1) is 0 Å². The lowest BCUT2D eigenvalue weighted by Crippen LogP contribution is -2.24. The molecule has 12 heavy (non-hydrogen) atoms. The van der Waals surface area contributed by atoms with Gasteiger partial charge in [-0.1, -0.05) is 18.2 Å². The molecule has 0 saturated heterocycles. The molecule has 0 aliphatic heterocycles. The smallest absolute Gasteiger partial charge is 0.238 e. The molecule has 0 atom stereocenters. The molecule has 2 N–H and O–H groups in total. The summed E-state index contributed by atoms with van der Waals surface area (Å²) in [6.45, 7) is 0.322. The molecule has 0 saturated carbocycles. The number of anilines is 1. The number of amides is 1. The van der Waals surface area contributed by atoms with Crippen molar-refractivity contribution >= 4 is 11.6 Å². The number of hydrogen-bond acceptors (Lipinski definition) is 2. The molecule has 1 rings (SSSR count). The van der Waals surface area contributed by atoms with Crippen molar-refractivity contribution < 1.29 is 4.79 Å². The predicted octanol–water partition coefficient (Wildman–Crippen LogP) is 0.645. The van der Waals surface area contributed by atoms with Gasteiger partial charge in [0.05, 0.1) is 6.54 Å². The number of carbonyl (C=O) groups is 1. The number of rotatable bonds is 3. The van der Waals surface area contributed by atoms with Crippen molar-refractivity contribution in [1.82, 2.24) is 5.32 Å². The molecule has 0 aromatic heterocycles. The van der Waals surface area contributed by atoms with Crippen LogP contribution in [-0.4, -0.2) is 19.5 Å². The highest BCUT2D eigenvalue weighted by molar-refractivity contribution is 5.91. The van der Waals surface area contributed by atoms with Crippen LogP contribution in [0.15, 0.2) is 24.3 Å². The van der Waals surface area contributed by atoms with Crippen molar-refractivity contribution in [3.63, 3.8) is 0 Å². The summed E-state index contributed by atoms with van der Waals surface area (Å²) in [4.78, 5) is 11.0. The minimum atomic E-state index is -0.0556. The number of carbonyl (C=O) groups excluding carboxylic acids is 1. The summed E-state index contributed by atoms with van der Waals surface area (Å²) in [7, 11) is 1.73. The third-order valence-corrected chi connectivity index (χ3v) is 1.32. The number of hydrogen-bond donors (Lipinski definition) is 2. The quantitative estimate of drug-likeness (QED) is 0.686. The highest BCUT2D eigenvalue weighted by Crippen LogP contribution is 2.02. The zero-order valence-corrected chi connectivity index (χ0v) is 6.92.